The second-order valence-corrected chi connectivity index (χ2v) is 9.93. The van der Waals surface area contributed by atoms with Crippen LogP contribution in [0.25, 0.3) is 0 Å². The molecule has 0 unspecified atom stereocenters. The highest BCUT2D eigenvalue weighted by Crippen LogP contribution is 2.26. The van der Waals surface area contributed by atoms with Crippen LogP contribution in [0.3, 0.4) is 0 Å². The van der Waals surface area contributed by atoms with Crippen molar-refractivity contribution in [3.05, 3.63) is 59.7 Å². The first-order valence-corrected chi connectivity index (χ1v) is 13.0. The van der Waals surface area contributed by atoms with Crippen LogP contribution in [-0.4, -0.2) is 81.0 Å². The molecule has 3 rings (SSSR count). The van der Waals surface area contributed by atoms with E-state index in [1.54, 1.807) is 36.4 Å². The Balaban J connectivity index is 1.67. The number of rotatable bonds is 10. The molecule has 0 radical (unpaired) electrons. The Morgan fingerprint density at radius 2 is 1.65 bits per heavy atom. The Kier molecular flexibility index (Phi) is 8.51. The van der Waals surface area contributed by atoms with Gasteiger partial charge in [-0.1, -0.05) is 30.3 Å². The highest BCUT2D eigenvalue weighted by molar-refractivity contribution is 7.91. The third kappa shape index (κ3) is 6.71. The van der Waals surface area contributed by atoms with Gasteiger partial charge in [-0.05, 0) is 37.6 Å². The topological polar surface area (TPSA) is 110 Å². The van der Waals surface area contributed by atoms with Crippen LogP contribution in [0.4, 0.5) is 11.4 Å². The zero-order valence-electron chi connectivity index (χ0n) is 19.6. The maximum atomic E-state index is 12.6. The highest BCUT2D eigenvalue weighted by Gasteiger charge is 2.23. The number of hydrogen-bond donors (Lipinski definition) is 2. The molecule has 0 aliphatic carbocycles. The number of carboxylic acid groups (broad SMARTS) is 1. The fourth-order valence-electron chi connectivity index (χ4n) is 4.02. The van der Waals surface area contributed by atoms with Gasteiger partial charge in [0.2, 0.25) is 15.9 Å². The number of hydrogen-bond acceptors (Lipinski definition) is 6. The first kappa shape index (κ1) is 25.5. The van der Waals surface area contributed by atoms with Crippen molar-refractivity contribution in [2.24, 2.45) is 0 Å². The van der Waals surface area contributed by atoms with Crippen molar-refractivity contribution in [1.82, 2.24) is 9.80 Å². The van der Waals surface area contributed by atoms with Crippen LogP contribution in [0.15, 0.2) is 48.5 Å². The number of nitrogens with zero attached hydrogens (tertiary/aromatic N) is 3. The summed E-state index contributed by atoms with van der Waals surface area (Å²) in [4.78, 5) is 30.2. The van der Waals surface area contributed by atoms with Crippen LogP contribution < -0.4 is 9.62 Å². The van der Waals surface area contributed by atoms with Crippen LogP contribution in [0, 0.1) is 0 Å². The average molecular weight is 489 g/mol. The third-order valence-corrected chi connectivity index (χ3v) is 7.16. The Labute approximate surface area is 201 Å². The summed E-state index contributed by atoms with van der Waals surface area (Å²) in [7, 11) is -3.78. The number of likely N-dealkylation sites (N-methyl/N-ethyl adjacent to an activating group) is 1. The summed E-state index contributed by atoms with van der Waals surface area (Å²) in [6.07, 6.45) is 0. The maximum absolute atomic E-state index is 12.6. The van der Waals surface area contributed by atoms with E-state index in [0.29, 0.717) is 57.1 Å². The molecule has 1 fully saturated rings. The number of carboxylic acids is 1. The van der Waals surface area contributed by atoms with E-state index in [4.69, 9.17) is 0 Å². The number of benzene rings is 2. The summed E-state index contributed by atoms with van der Waals surface area (Å²) in [5, 5.41) is 9.71. The van der Waals surface area contributed by atoms with Crippen LogP contribution in [-0.2, 0) is 20.6 Å². The van der Waals surface area contributed by atoms with Gasteiger partial charge in [0.15, 0.2) is 0 Å². The van der Waals surface area contributed by atoms with Gasteiger partial charge in [0.1, 0.15) is 0 Å². The second-order valence-electron chi connectivity index (χ2n) is 8.21. The fourth-order valence-corrected chi connectivity index (χ4v) is 5.24. The number of carbonyl (C=O) groups excluding carboxylic acids is 1. The molecule has 0 saturated carbocycles. The van der Waals surface area contributed by atoms with Gasteiger partial charge in [-0.25, -0.2) is 13.2 Å². The van der Waals surface area contributed by atoms with E-state index in [0.717, 1.165) is 0 Å². The average Bonchev–Trinajstić information content (AvgIpc) is 2.80. The van der Waals surface area contributed by atoms with Crippen molar-refractivity contribution in [2.45, 2.75) is 19.6 Å². The SMILES string of the molecule is CCN(CC)C(=O)CN1CCN(c2ccc(NS(=O)(=O)Cc3ccccc3)c(C(=O)O)c2)CC1. The Morgan fingerprint density at radius 1 is 1.00 bits per heavy atom. The zero-order chi connectivity index (χ0) is 24.7. The van der Waals surface area contributed by atoms with Crippen molar-refractivity contribution in [1.29, 1.82) is 0 Å². The molecule has 1 heterocycles. The van der Waals surface area contributed by atoms with Gasteiger partial charge >= 0.3 is 5.97 Å². The van der Waals surface area contributed by atoms with E-state index in [1.165, 1.54) is 12.1 Å². The number of aromatic carboxylic acids is 1. The quantitative estimate of drug-likeness (QED) is 0.528. The van der Waals surface area contributed by atoms with Crippen molar-refractivity contribution < 1.29 is 23.1 Å². The lowest BCUT2D eigenvalue weighted by molar-refractivity contribution is -0.132. The molecule has 2 aromatic carbocycles. The van der Waals surface area contributed by atoms with Crippen molar-refractivity contribution in [3.8, 4) is 0 Å². The zero-order valence-corrected chi connectivity index (χ0v) is 20.4. The van der Waals surface area contributed by atoms with Crippen LogP contribution in [0.1, 0.15) is 29.8 Å². The van der Waals surface area contributed by atoms with E-state index in [2.05, 4.69) is 9.62 Å². The minimum atomic E-state index is -3.78. The van der Waals surface area contributed by atoms with E-state index in [9.17, 15) is 23.1 Å². The van der Waals surface area contributed by atoms with Gasteiger partial charge in [0.25, 0.3) is 0 Å². The number of anilines is 2. The first-order chi connectivity index (χ1) is 16.2. The molecule has 10 heteroatoms. The maximum Gasteiger partial charge on any atom is 0.337 e. The standard InChI is InChI=1S/C24H32N4O5S/c1-3-27(4-2)23(29)17-26-12-14-28(15-13-26)20-10-11-22(21(16-20)24(30)31)25-34(32,33)18-19-8-6-5-7-9-19/h5-11,16,25H,3-4,12-15,17-18H2,1-2H3,(H,30,31). The summed E-state index contributed by atoms with van der Waals surface area (Å²) in [6, 6.07) is 13.4. The number of carbonyl (C=O) groups is 2. The Bertz CT molecular complexity index is 1100. The minimum absolute atomic E-state index is 0.0376. The number of amides is 1. The van der Waals surface area contributed by atoms with E-state index in [-0.39, 0.29) is 22.9 Å². The number of sulfonamides is 1. The molecule has 0 spiro atoms. The predicted molar refractivity (Wildman–Crippen MR) is 133 cm³/mol. The number of nitrogens with one attached hydrogen (secondary N) is 1. The van der Waals surface area contributed by atoms with Crippen molar-refractivity contribution >= 4 is 33.3 Å². The van der Waals surface area contributed by atoms with Crippen molar-refractivity contribution in [3.63, 3.8) is 0 Å². The number of piperazine rings is 1. The molecule has 34 heavy (non-hydrogen) atoms. The summed E-state index contributed by atoms with van der Waals surface area (Å²) < 4.78 is 27.6. The summed E-state index contributed by atoms with van der Waals surface area (Å²) in [5.41, 5.74) is 1.25. The minimum Gasteiger partial charge on any atom is -0.478 e. The Morgan fingerprint density at radius 3 is 2.24 bits per heavy atom. The lowest BCUT2D eigenvalue weighted by Crippen LogP contribution is -2.50. The van der Waals surface area contributed by atoms with Crippen LogP contribution in [0.2, 0.25) is 0 Å². The van der Waals surface area contributed by atoms with Gasteiger partial charge in [-0.3, -0.25) is 14.4 Å². The van der Waals surface area contributed by atoms with Crippen LogP contribution in [0.5, 0.6) is 0 Å². The molecule has 1 saturated heterocycles. The molecule has 2 aromatic rings. The lowest BCUT2D eigenvalue weighted by Gasteiger charge is -2.36. The van der Waals surface area contributed by atoms with Gasteiger partial charge in [-0.2, -0.15) is 0 Å². The van der Waals surface area contributed by atoms with Crippen LogP contribution >= 0.6 is 0 Å². The second kappa shape index (κ2) is 11.3. The van der Waals surface area contributed by atoms with E-state index < -0.39 is 16.0 Å². The summed E-state index contributed by atoms with van der Waals surface area (Å²) >= 11 is 0. The monoisotopic (exact) mass is 488 g/mol. The molecule has 1 aliphatic rings. The predicted octanol–water partition coefficient (Wildman–Crippen LogP) is 2.32. The Hall–Kier alpha value is -3.11. The smallest absolute Gasteiger partial charge is 0.337 e. The van der Waals surface area contributed by atoms with Gasteiger partial charge in [0, 0.05) is 45.0 Å². The summed E-state index contributed by atoms with van der Waals surface area (Å²) in [6.45, 7) is 8.33. The lowest BCUT2D eigenvalue weighted by atomic mass is 10.1. The van der Waals surface area contributed by atoms with E-state index in [1.807, 2.05) is 23.6 Å². The van der Waals surface area contributed by atoms with Crippen molar-refractivity contribution in [2.75, 3.05) is 55.4 Å². The largest absolute Gasteiger partial charge is 0.478 e. The molecule has 0 atom stereocenters. The first-order valence-electron chi connectivity index (χ1n) is 11.4. The molecule has 184 valence electrons. The molecule has 0 aromatic heterocycles. The molecular weight excluding hydrogens is 456 g/mol. The molecule has 9 nitrogen and oxygen atoms in total. The molecule has 2 N–H and O–H groups in total. The normalized spacial score (nSPS) is 14.6. The highest BCUT2D eigenvalue weighted by atomic mass is 32.2. The summed E-state index contributed by atoms with van der Waals surface area (Å²) in [5.74, 6) is -1.34. The van der Waals surface area contributed by atoms with Gasteiger partial charge in [-0.15, -0.1) is 0 Å². The third-order valence-electron chi connectivity index (χ3n) is 5.91. The molecule has 1 amide bonds. The van der Waals surface area contributed by atoms with E-state index >= 15 is 0 Å². The fraction of sp³-hybridized carbons (Fsp3) is 0.417. The molecule has 1 aliphatic heterocycles. The molecule has 0 bridgehead atoms. The molecular formula is C24H32N4O5S. The van der Waals surface area contributed by atoms with Gasteiger partial charge in [0.05, 0.1) is 23.5 Å². The van der Waals surface area contributed by atoms with Gasteiger partial charge < -0.3 is 14.9 Å².